The Morgan fingerprint density at radius 3 is 3.07 bits per heavy atom. The van der Waals surface area contributed by atoms with E-state index in [-0.39, 0.29) is 12.4 Å². The highest BCUT2D eigenvalue weighted by atomic mass is 16.5. The van der Waals surface area contributed by atoms with Crippen LogP contribution in [0.5, 0.6) is 5.75 Å². The van der Waals surface area contributed by atoms with Crippen molar-refractivity contribution in [3.05, 3.63) is 41.5 Å². The van der Waals surface area contributed by atoms with E-state index in [1.54, 1.807) is 18.2 Å². The third-order valence-electron chi connectivity index (χ3n) is 2.27. The number of aromatic hydroxyl groups is 1. The highest BCUT2D eigenvalue weighted by Crippen LogP contribution is 2.31. The first kappa shape index (κ1) is 8.81. The molecule has 0 saturated carbocycles. The lowest BCUT2D eigenvalue weighted by molar-refractivity contribution is 0.0533. The Morgan fingerprint density at radius 1 is 1.57 bits per heavy atom. The number of rotatable bonds is 2. The minimum atomic E-state index is -0.441. The molecule has 2 rings (SSSR count). The standard InChI is InChI=1S/C11H10O3/c1-2-3-7-4-5-8-6-14-11(13)9(8)10(7)12/h2,4-5,12H,1,3,6H2. The van der Waals surface area contributed by atoms with E-state index in [9.17, 15) is 9.90 Å². The molecule has 0 bridgehead atoms. The van der Waals surface area contributed by atoms with Crippen LogP contribution >= 0.6 is 0 Å². The minimum Gasteiger partial charge on any atom is -0.507 e. The number of carbonyl (C=O) groups excluding carboxylic acids is 1. The molecule has 0 amide bonds. The Labute approximate surface area is 81.6 Å². The zero-order valence-corrected chi connectivity index (χ0v) is 7.62. The molecule has 3 nitrogen and oxygen atoms in total. The molecular weight excluding hydrogens is 180 g/mol. The van der Waals surface area contributed by atoms with Crippen molar-refractivity contribution in [1.82, 2.24) is 0 Å². The van der Waals surface area contributed by atoms with Gasteiger partial charge in [-0.25, -0.2) is 4.79 Å². The molecule has 1 aromatic rings. The Hall–Kier alpha value is -1.77. The van der Waals surface area contributed by atoms with Gasteiger partial charge in [-0.05, 0) is 12.0 Å². The number of cyclic esters (lactones) is 1. The van der Waals surface area contributed by atoms with Crippen molar-refractivity contribution >= 4 is 5.97 Å². The molecular formula is C11H10O3. The number of fused-ring (bicyclic) bond motifs is 1. The molecule has 0 spiro atoms. The van der Waals surface area contributed by atoms with Crippen molar-refractivity contribution in [1.29, 1.82) is 0 Å². The molecule has 1 N–H and O–H groups in total. The lowest BCUT2D eigenvalue weighted by Crippen LogP contribution is -1.96. The fraction of sp³-hybridized carbons (Fsp3) is 0.182. The topological polar surface area (TPSA) is 46.5 Å². The molecule has 1 heterocycles. The Kier molecular flexibility index (Phi) is 2.00. The van der Waals surface area contributed by atoms with Crippen molar-refractivity contribution in [2.45, 2.75) is 13.0 Å². The van der Waals surface area contributed by atoms with Crippen LogP contribution < -0.4 is 0 Å². The third kappa shape index (κ3) is 1.18. The molecule has 14 heavy (non-hydrogen) atoms. The van der Waals surface area contributed by atoms with Crippen LogP contribution in [0.3, 0.4) is 0 Å². The number of phenols is 1. The molecule has 0 saturated heterocycles. The Bertz CT molecular complexity index is 407. The van der Waals surface area contributed by atoms with Gasteiger partial charge >= 0.3 is 5.97 Å². The van der Waals surface area contributed by atoms with Gasteiger partial charge in [0.05, 0.1) is 0 Å². The van der Waals surface area contributed by atoms with E-state index in [2.05, 4.69) is 6.58 Å². The van der Waals surface area contributed by atoms with Gasteiger partial charge in [0.25, 0.3) is 0 Å². The highest BCUT2D eigenvalue weighted by Gasteiger charge is 2.26. The van der Waals surface area contributed by atoms with Crippen LogP contribution in [0, 0.1) is 0 Å². The first-order valence-electron chi connectivity index (χ1n) is 4.35. The summed E-state index contributed by atoms with van der Waals surface area (Å²) in [4.78, 5) is 11.2. The van der Waals surface area contributed by atoms with Gasteiger partial charge in [0.15, 0.2) is 0 Å². The number of carbonyl (C=O) groups is 1. The van der Waals surface area contributed by atoms with Crippen molar-refractivity contribution in [3.63, 3.8) is 0 Å². The second kappa shape index (κ2) is 3.18. The number of esters is 1. The molecule has 1 aromatic carbocycles. The largest absolute Gasteiger partial charge is 0.507 e. The first-order valence-corrected chi connectivity index (χ1v) is 4.35. The summed E-state index contributed by atoms with van der Waals surface area (Å²) in [6.45, 7) is 3.84. The molecule has 3 heteroatoms. The molecule has 1 aliphatic rings. The van der Waals surface area contributed by atoms with E-state index >= 15 is 0 Å². The summed E-state index contributed by atoms with van der Waals surface area (Å²) in [5.41, 5.74) is 1.77. The zero-order valence-electron chi connectivity index (χ0n) is 7.62. The Morgan fingerprint density at radius 2 is 2.36 bits per heavy atom. The molecule has 0 unspecified atom stereocenters. The van der Waals surface area contributed by atoms with Gasteiger partial charge in [-0.3, -0.25) is 0 Å². The summed E-state index contributed by atoms with van der Waals surface area (Å²) in [7, 11) is 0. The normalized spacial score (nSPS) is 13.6. The lowest BCUT2D eigenvalue weighted by Gasteiger charge is -2.04. The van der Waals surface area contributed by atoms with Gasteiger partial charge in [-0.15, -0.1) is 6.58 Å². The fourth-order valence-corrected chi connectivity index (χ4v) is 1.56. The number of benzene rings is 1. The van der Waals surface area contributed by atoms with Crippen molar-refractivity contribution in [2.24, 2.45) is 0 Å². The summed E-state index contributed by atoms with van der Waals surface area (Å²) in [5.74, 6) is -0.409. The van der Waals surface area contributed by atoms with E-state index in [0.717, 1.165) is 5.56 Å². The summed E-state index contributed by atoms with van der Waals surface area (Å²) >= 11 is 0. The molecule has 72 valence electrons. The van der Waals surface area contributed by atoms with Crippen molar-refractivity contribution < 1.29 is 14.6 Å². The molecule has 0 aliphatic carbocycles. The van der Waals surface area contributed by atoms with Crippen LogP contribution in [0.1, 0.15) is 21.5 Å². The lowest BCUT2D eigenvalue weighted by atomic mass is 10.0. The van der Waals surface area contributed by atoms with Crippen LogP contribution in [-0.4, -0.2) is 11.1 Å². The Balaban J connectivity index is 2.55. The van der Waals surface area contributed by atoms with Gasteiger partial charge in [0.1, 0.15) is 17.9 Å². The van der Waals surface area contributed by atoms with Crippen LogP contribution in [0.2, 0.25) is 0 Å². The molecule has 0 aromatic heterocycles. The third-order valence-corrected chi connectivity index (χ3v) is 2.27. The van der Waals surface area contributed by atoms with Gasteiger partial charge in [0.2, 0.25) is 0 Å². The predicted molar refractivity (Wildman–Crippen MR) is 51.1 cm³/mol. The number of phenolic OH excluding ortho intramolecular Hbond substituents is 1. The van der Waals surface area contributed by atoms with Gasteiger partial charge < -0.3 is 9.84 Å². The molecule has 1 aliphatic heterocycles. The fourth-order valence-electron chi connectivity index (χ4n) is 1.56. The highest BCUT2D eigenvalue weighted by molar-refractivity contribution is 5.96. The maximum Gasteiger partial charge on any atom is 0.342 e. The average Bonchev–Trinajstić information content (AvgIpc) is 2.54. The zero-order chi connectivity index (χ0) is 10.1. The van der Waals surface area contributed by atoms with Crippen LogP contribution in [-0.2, 0) is 17.8 Å². The predicted octanol–water partition coefficient (Wildman–Crippen LogP) is 1.79. The summed E-state index contributed by atoms with van der Waals surface area (Å²) in [6.07, 6.45) is 2.23. The van der Waals surface area contributed by atoms with E-state index in [0.29, 0.717) is 17.5 Å². The maximum atomic E-state index is 11.2. The number of hydrogen-bond donors (Lipinski definition) is 1. The van der Waals surface area contributed by atoms with Crippen molar-refractivity contribution in [2.75, 3.05) is 0 Å². The SMILES string of the molecule is C=CCc1ccc2c(c1O)C(=O)OC2. The van der Waals surface area contributed by atoms with Gasteiger partial charge in [-0.1, -0.05) is 18.2 Å². The second-order valence-corrected chi connectivity index (χ2v) is 3.18. The van der Waals surface area contributed by atoms with Gasteiger partial charge in [0, 0.05) is 5.56 Å². The van der Waals surface area contributed by atoms with E-state index in [4.69, 9.17) is 4.74 Å². The number of ether oxygens (including phenoxy) is 1. The summed E-state index contributed by atoms with van der Waals surface area (Å²) < 4.78 is 4.81. The first-order chi connectivity index (χ1) is 6.74. The molecule has 0 fully saturated rings. The average molecular weight is 190 g/mol. The van der Waals surface area contributed by atoms with Crippen LogP contribution in [0.15, 0.2) is 24.8 Å². The summed E-state index contributed by atoms with van der Waals surface area (Å²) in [6, 6.07) is 3.59. The van der Waals surface area contributed by atoms with E-state index < -0.39 is 5.97 Å². The maximum absolute atomic E-state index is 11.2. The summed E-state index contributed by atoms with van der Waals surface area (Å²) in [5, 5.41) is 9.76. The smallest absolute Gasteiger partial charge is 0.342 e. The number of allylic oxidation sites excluding steroid dienone is 1. The number of hydrogen-bond acceptors (Lipinski definition) is 3. The monoisotopic (exact) mass is 190 g/mol. The van der Waals surface area contributed by atoms with E-state index in [1.807, 2.05) is 0 Å². The minimum absolute atomic E-state index is 0.0323. The quantitative estimate of drug-likeness (QED) is 0.571. The molecule has 0 atom stereocenters. The van der Waals surface area contributed by atoms with Crippen molar-refractivity contribution in [3.8, 4) is 5.75 Å². The molecule has 0 radical (unpaired) electrons. The van der Waals surface area contributed by atoms with Crippen LogP contribution in [0.25, 0.3) is 0 Å². The van der Waals surface area contributed by atoms with E-state index in [1.165, 1.54) is 0 Å². The second-order valence-electron chi connectivity index (χ2n) is 3.18. The van der Waals surface area contributed by atoms with Crippen LogP contribution in [0.4, 0.5) is 0 Å². The van der Waals surface area contributed by atoms with Gasteiger partial charge in [-0.2, -0.15) is 0 Å².